The maximum atomic E-state index is 11.9. The summed E-state index contributed by atoms with van der Waals surface area (Å²) in [7, 11) is 0. The maximum absolute atomic E-state index is 11.9. The van der Waals surface area contributed by atoms with Crippen LogP contribution in [-0.2, 0) is 4.79 Å². The van der Waals surface area contributed by atoms with E-state index in [1.165, 1.54) is 0 Å². The number of hydrogen-bond acceptors (Lipinski definition) is 2. The van der Waals surface area contributed by atoms with Gasteiger partial charge >= 0.3 is 0 Å². The van der Waals surface area contributed by atoms with Crippen LogP contribution >= 0.6 is 0 Å². The van der Waals surface area contributed by atoms with Crippen molar-refractivity contribution < 1.29 is 4.79 Å². The van der Waals surface area contributed by atoms with Crippen LogP contribution < -0.4 is 5.32 Å². The summed E-state index contributed by atoms with van der Waals surface area (Å²) in [4.78, 5) is 11.9. The third kappa shape index (κ3) is 2.84. The molecule has 0 bridgehead atoms. The lowest BCUT2D eigenvalue weighted by Gasteiger charge is -2.21. The van der Waals surface area contributed by atoms with Crippen molar-refractivity contribution in [2.75, 3.05) is 5.32 Å². The lowest BCUT2D eigenvalue weighted by Crippen LogP contribution is -2.18. The monoisotopic (exact) mass is 227 g/mol. The van der Waals surface area contributed by atoms with E-state index in [4.69, 9.17) is 0 Å². The minimum Gasteiger partial charge on any atom is -0.361 e. The Morgan fingerprint density at radius 3 is 2.65 bits per heavy atom. The van der Waals surface area contributed by atoms with Gasteiger partial charge in [-0.2, -0.15) is 0 Å². The number of carbonyl (C=O) groups is 1. The highest BCUT2D eigenvalue weighted by Crippen LogP contribution is 2.28. The molecular formula is C15H17NO. The van der Waals surface area contributed by atoms with Gasteiger partial charge in [0.1, 0.15) is 0 Å². The lowest BCUT2D eigenvalue weighted by atomic mass is 9.83. The Kier molecular flexibility index (Phi) is 3.43. The van der Waals surface area contributed by atoms with Gasteiger partial charge in [0.25, 0.3) is 0 Å². The molecule has 1 aromatic carbocycles. The fourth-order valence-electron chi connectivity index (χ4n) is 2.10. The van der Waals surface area contributed by atoms with Gasteiger partial charge in [-0.05, 0) is 30.0 Å². The van der Waals surface area contributed by atoms with Crippen LogP contribution in [0.2, 0.25) is 0 Å². The van der Waals surface area contributed by atoms with Crippen molar-refractivity contribution in [3.05, 3.63) is 54.3 Å². The van der Waals surface area contributed by atoms with E-state index in [1.54, 1.807) is 6.20 Å². The number of rotatable bonds is 2. The molecule has 88 valence electrons. The predicted molar refractivity (Wildman–Crippen MR) is 70.7 cm³/mol. The van der Waals surface area contributed by atoms with Gasteiger partial charge in [-0.1, -0.05) is 31.7 Å². The smallest absolute Gasteiger partial charge is 0.164 e. The number of anilines is 1. The van der Waals surface area contributed by atoms with Gasteiger partial charge in [0.05, 0.1) is 0 Å². The molecule has 2 nitrogen and oxygen atoms in total. The van der Waals surface area contributed by atoms with Crippen LogP contribution in [0.15, 0.2) is 54.3 Å². The number of benzene rings is 1. The van der Waals surface area contributed by atoms with Crippen molar-refractivity contribution in [3.8, 4) is 0 Å². The number of carbonyl (C=O) groups excluding carboxylic acids is 1. The zero-order valence-electron chi connectivity index (χ0n) is 10.1. The van der Waals surface area contributed by atoms with Gasteiger partial charge in [-0.15, -0.1) is 0 Å². The number of Topliss-reactive ketones (excluding diaryl/α,β-unsaturated/α-hetero) is 1. The van der Waals surface area contributed by atoms with E-state index >= 15 is 0 Å². The minimum absolute atomic E-state index is 0.192. The van der Waals surface area contributed by atoms with Gasteiger partial charge in [0.2, 0.25) is 0 Å². The first-order valence-corrected chi connectivity index (χ1v) is 5.90. The molecule has 0 radical (unpaired) electrons. The molecule has 0 aliphatic heterocycles. The molecule has 2 rings (SSSR count). The molecule has 0 spiro atoms. The second-order valence-electron chi connectivity index (χ2n) is 4.61. The zero-order valence-corrected chi connectivity index (χ0v) is 10.1. The molecule has 1 unspecified atom stereocenters. The second-order valence-corrected chi connectivity index (χ2v) is 4.61. The zero-order chi connectivity index (χ0) is 12.3. The summed E-state index contributed by atoms with van der Waals surface area (Å²) >= 11 is 0. The summed E-state index contributed by atoms with van der Waals surface area (Å²) in [6.45, 7) is 6.07. The number of para-hydroxylation sites is 1. The van der Waals surface area contributed by atoms with Gasteiger partial charge in [-0.25, -0.2) is 0 Å². The Balaban J connectivity index is 2.11. The summed E-state index contributed by atoms with van der Waals surface area (Å²) < 4.78 is 0. The molecule has 1 aromatic rings. The second kappa shape index (κ2) is 5.00. The first-order chi connectivity index (χ1) is 8.16. The van der Waals surface area contributed by atoms with Gasteiger partial charge in [0.15, 0.2) is 5.78 Å². The molecule has 1 atom stereocenters. The number of nitrogens with one attached hydrogen (secondary N) is 1. The van der Waals surface area contributed by atoms with Crippen molar-refractivity contribution in [2.24, 2.45) is 5.92 Å². The van der Waals surface area contributed by atoms with Crippen LogP contribution in [0.4, 0.5) is 5.69 Å². The van der Waals surface area contributed by atoms with E-state index in [0.29, 0.717) is 12.3 Å². The van der Waals surface area contributed by atoms with Gasteiger partial charge < -0.3 is 5.32 Å². The van der Waals surface area contributed by atoms with Crippen LogP contribution in [0.5, 0.6) is 0 Å². The summed E-state index contributed by atoms with van der Waals surface area (Å²) in [5.74, 6) is 0.612. The molecule has 17 heavy (non-hydrogen) atoms. The summed E-state index contributed by atoms with van der Waals surface area (Å²) in [5.41, 5.74) is 2.67. The minimum atomic E-state index is 0.192. The summed E-state index contributed by atoms with van der Waals surface area (Å²) in [5, 5.41) is 3.15. The first-order valence-electron chi connectivity index (χ1n) is 5.90. The average molecular weight is 227 g/mol. The van der Waals surface area contributed by atoms with E-state index in [1.807, 2.05) is 30.3 Å². The third-order valence-corrected chi connectivity index (χ3v) is 2.97. The standard InChI is InChI=1S/C15H17NO/c1-11-8-12(2)14(15(17)9-11)10-16-13-6-4-3-5-7-13/h3-7,10-11,16H,2,8-9H2,1H3/b14-10-. The van der Waals surface area contributed by atoms with Gasteiger partial charge in [0, 0.05) is 23.9 Å². The molecule has 1 aliphatic rings. The van der Waals surface area contributed by atoms with E-state index in [2.05, 4.69) is 18.8 Å². The van der Waals surface area contributed by atoms with Crippen LogP contribution in [0.1, 0.15) is 19.8 Å². The SMILES string of the molecule is C=C1CC(C)CC(=O)/C1=C\Nc1ccccc1. The van der Waals surface area contributed by atoms with E-state index in [0.717, 1.165) is 23.3 Å². The largest absolute Gasteiger partial charge is 0.361 e. The quantitative estimate of drug-likeness (QED) is 0.783. The molecular weight excluding hydrogens is 210 g/mol. The number of hydrogen-bond donors (Lipinski definition) is 1. The Morgan fingerprint density at radius 1 is 1.29 bits per heavy atom. The molecule has 2 heteroatoms. The van der Waals surface area contributed by atoms with Crippen molar-refractivity contribution >= 4 is 11.5 Å². The van der Waals surface area contributed by atoms with Crippen molar-refractivity contribution in [1.29, 1.82) is 0 Å². The average Bonchev–Trinajstić information content (AvgIpc) is 2.29. The molecule has 0 saturated heterocycles. The van der Waals surface area contributed by atoms with Crippen LogP contribution in [0.3, 0.4) is 0 Å². The fraction of sp³-hybridized carbons (Fsp3) is 0.267. The van der Waals surface area contributed by atoms with Crippen LogP contribution in [0.25, 0.3) is 0 Å². The summed E-state index contributed by atoms with van der Waals surface area (Å²) in [6, 6.07) is 9.82. The number of allylic oxidation sites excluding steroid dienone is 2. The number of ketones is 1. The molecule has 0 amide bonds. The molecule has 0 heterocycles. The Bertz CT molecular complexity index is 439. The molecule has 1 saturated carbocycles. The highest BCUT2D eigenvalue weighted by Gasteiger charge is 2.23. The molecule has 1 N–H and O–H groups in total. The van der Waals surface area contributed by atoms with E-state index in [-0.39, 0.29) is 5.78 Å². The molecule has 1 aliphatic carbocycles. The normalized spacial score (nSPS) is 22.9. The van der Waals surface area contributed by atoms with Crippen molar-refractivity contribution in [2.45, 2.75) is 19.8 Å². The highest BCUT2D eigenvalue weighted by atomic mass is 16.1. The Labute approximate surface area is 102 Å². The fourth-order valence-corrected chi connectivity index (χ4v) is 2.10. The predicted octanol–water partition coefficient (Wildman–Crippen LogP) is 3.54. The molecule has 1 fully saturated rings. The topological polar surface area (TPSA) is 29.1 Å². The summed E-state index contributed by atoms with van der Waals surface area (Å²) in [6.07, 6.45) is 3.32. The lowest BCUT2D eigenvalue weighted by molar-refractivity contribution is -0.116. The van der Waals surface area contributed by atoms with E-state index in [9.17, 15) is 4.79 Å². The van der Waals surface area contributed by atoms with E-state index < -0.39 is 0 Å². The third-order valence-electron chi connectivity index (χ3n) is 2.97. The van der Waals surface area contributed by atoms with Crippen molar-refractivity contribution in [3.63, 3.8) is 0 Å². The van der Waals surface area contributed by atoms with Gasteiger partial charge in [-0.3, -0.25) is 4.79 Å². The highest BCUT2D eigenvalue weighted by molar-refractivity contribution is 6.00. The van der Waals surface area contributed by atoms with Crippen LogP contribution in [0, 0.1) is 5.92 Å². The molecule has 0 aromatic heterocycles. The van der Waals surface area contributed by atoms with Crippen LogP contribution in [-0.4, -0.2) is 5.78 Å². The first kappa shape index (κ1) is 11.6. The Morgan fingerprint density at radius 2 is 2.00 bits per heavy atom. The maximum Gasteiger partial charge on any atom is 0.164 e. The Hall–Kier alpha value is -1.83. The van der Waals surface area contributed by atoms with Crippen molar-refractivity contribution in [1.82, 2.24) is 0 Å².